The van der Waals surface area contributed by atoms with Crippen molar-refractivity contribution >= 4 is 16.9 Å². The lowest BCUT2D eigenvalue weighted by Crippen LogP contribution is -2.44. The molecule has 1 atom stereocenters. The zero-order valence-corrected chi connectivity index (χ0v) is 21.9. The Labute approximate surface area is 217 Å². The highest BCUT2D eigenvalue weighted by Gasteiger charge is 2.61. The third-order valence-electron chi connectivity index (χ3n) is 6.33. The minimum Gasteiger partial charge on any atom is -0.493 e. The van der Waals surface area contributed by atoms with Crippen LogP contribution >= 0.6 is 0 Å². The first-order valence-electron chi connectivity index (χ1n) is 12.4. The Bertz CT molecular complexity index is 1120. The van der Waals surface area contributed by atoms with Crippen molar-refractivity contribution in [1.29, 1.82) is 0 Å². The molecule has 0 aliphatic heterocycles. The fourth-order valence-corrected chi connectivity index (χ4v) is 3.48. The van der Waals surface area contributed by atoms with Crippen LogP contribution in [0.3, 0.4) is 0 Å². The van der Waals surface area contributed by atoms with E-state index in [-0.39, 0.29) is 35.3 Å². The zero-order valence-electron chi connectivity index (χ0n) is 21.9. The molecule has 214 valence electrons. The predicted molar refractivity (Wildman–Crippen MR) is 131 cm³/mol. The topological polar surface area (TPSA) is 87.0 Å². The molecule has 2 aromatic rings. The van der Waals surface area contributed by atoms with Crippen LogP contribution < -0.4 is 20.4 Å². The average molecular weight is 552 g/mol. The first-order chi connectivity index (χ1) is 17.7. The van der Waals surface area contributed by atoms with Gasteiger partial charge in [-0.3, -0.25) is 4.79 Å². The molecule has 1 heterocycles. The number of fused-ring (bicyclic) bond motifs is 1. The van der Waals surface area contributed by atoms with Gasteiger partial charge < -0.3 is 23.9 Å². The summed E-state index contributed by atoms with van der Waals surface area (Å²) in [5.74, 6) is -0.921. The summed E-state index contributed by atoms with van der Waals surface area (Å²) in [6.45, 7) is 6.24. The van der Waals surface area contributed by atoms with Crippen LogP contribution in [-0.2, 0) is 9.53 Å². The number of nitrogens with one attached hydrogen (secondary N) is 1. The zero-order chi connectivity index (χ0) is 28.6. The number of benzene rings is 1. The summed E-state index contributed by atoms with van der Waals surface area (Å²) in [6.07, 6.45) is -6.26. The molecule has 0 radical (unpaired) electrons. The van der Waals surface area contributed by atoms with Crippen molar-refractivity contribution in [1.82, 2.24) is 5.32 Å². The number of ether oxygens (including phenoxy) is 3. The van der Waals surface area contributed by atoms with Crippen molar-refractivity contribution in [2.45, 2.75) is 77.6 Å². The van der Waals surface area contributed by atoms with Crippen molar-refractivity contribution < 1.29 is 45.4 Å². The van der Waals surface area contributed by atoms with Crippen LogP contribution in [-0.4, -0.2) is 44.6 Å². The van der Waals surface area contributed by atoms with Crippen molar-refractivity contribution in [3.63, 3.8) is 0 Å². The Morgan fingerprint density at radius 1 is 0.974 bits per heavy atom. The van der Waals surface area contributed by atoms with Crippen LogP contribution in [0.4, 0.5) is 22.0 Å². The fraction of sp³-hybridized carbons (Fsp3) is 0.615. The maximum atomic E-state index is 13.2. The quantitative estimate of drug-likeness (QED) is 0.122. The molecule has 0 bridgehead atoms. The normalized spacial score (nSPS) is 13.4. The molecule has 1 aromatic heterocycles. The molecule has 7 nitrogen and oxygen atoms in total. The molecule has 1 unspecified atom stereocenters. The maximum Gasteiger partial charge on any atom is 0.499 e. The molecular weight excluding hydrogens is 517 g/mol. The van der Waals surface area contributed by atoms with Gasteiger partial charge in [-0.15, -0.1) is 0 Å². The Morgan fingerprint density at radius 3 is 2.18 bits per heavy atom. The van der Waals surface area contributed by atoms with E-state index >= 15 is 0 Å². The SMILES string of the molecule is CNC(C)C(C)(C)C(=O)OCCCCCCCCOc1cc(=O)oc2cc(OC(F)(F)C(F)(F)F)ccc12. The van der Waals surface area contributed by atoms with E-state index in [4.69, 9.17) is 13.9 Å². The molecule has 0 saturated carbocycles. The van der Waals surface area contributed by atoms with E-state index in [0.717, 1.165) is 50.3 Å². The first-order valence-corrected chi connectivity index (χ1v) is 12.4. The molecule has 38 heavy (non-hydrogen) atoms. The second kappa shape index (κ2) is 13.3. The van der Waals surface area contributed by atoms with E-state index in [2.05, 4.69) is 10.1 Å². The number of hydrogen-bond donors (Lipinski definition) is 1. The first kappa shape index (κ1) is 31.3. The maximum absolute atomic E-state index is 13.2. The Hall–Kier alpha value is -2.89. The Morgan fingerprint density at radius 2 is 1.58 bits per heavy atom. The highest BCUT2D eigenvalue weighted by Crippen LogP contribution is 2.38. The minimum atomic E-state index is -5.90. The third kappa shape index (κ3) is 8.57. The number of hydrogen-bond acceptors (Lipinski definition) is 7. The van der Waals surface area contributed by atoms with Gasteiger partial charge in [0.15, 0.2) is 0 Å². The number of esters is 1. The summed E-state index contributed by atoms with van der Waals surface area (Å²) in [4.78, 5) is 24.0. The van der Waals surface area contributed by atoms with Crippen molar-refractivity contribution in [3.05, 3.63) is 34.7 Å². The van der Waals surface area contributed by atoms with Crippen LogP contribution in [0.2, 0.25) is 0 Å². The van der Waals surface area contributed by atoms with E-state index in [9.17, 15) is 31.5 Å². The third-order valence-corrected chi connectivity index (χ3v) is 6.33. The molecular formula is C26H34F5NO6. The van der Waals surface area contributed by atoms with Gasteiger partial charge in [-0.25, -0.2) is 4.79 Å². The number of alkyl halides is 5. The number of carbonyl (C=O) groups is 1. The van der Waals surface area contributed by atoms with Gasteiger partial charge in [0.1, 0.15) is 17.1 Å². The lowest BCUT2D eigenvalue weighted by Gasteiger charge is -2.29. The predicted octanol–water partition coefficient (Wildman–Crippen LogP) is 6.22. The number of carbonyl (C=O) groups excluding carboxylic acids is 1. The van der Waals surface area contributed by atoms with Gasteiger partial charge in [0.05, 0.1) is 30.1 Å². The number of rotatable bonds is 15. The average Bonchev–Trinajstić information content (AvgIpc) is 2.82. The van der Waals surface area contributed by atoms with E-state index in [1.807, 2.05) is 20.8 Å². The number of unbranched alkanes of at least 4 members (excludes halogenated alkanes) is 5. The second-order valence-electron chi connectivity index (χ2n) is 9.54. The highest BCUT2D eigenvalue weighted by atomic mass is 19.4. The van der Waals surface area contributed by atoms with E-state index in [1.54, 1.807) is 7.05 Å². The summed E-state index contributed by atoms with van der Waals surface area (Å²) in [6, 6.07) is 3.94. The smallest absolute Gasteiger partial charge is 0.493 e. The van der Waals surface area contributed by atoms with Gasteiger partial charge in [-0.1, -0.05) is 25.7 Å². The van der Waals surface area contributed by atoms with Gasteiger partial charge >= 0.3 is 23.9 Å². The fourth-order valence-electron chi connectivity index (χ4n) is 3.48. The van der Waals surface area contributed by atoms with Crippen LogP contribution in [0.1, 0.15) is 59.3 Å². The molecule has 0 aliphatic carbocycles. The minimum absolute atomic E-state index is 0.0107. The molecule has 0 amide bonds. The molecule has 0 spiro atoms. The van der Waals surface area contributed by atoms with Crippen LogP contribution in [0, 0.1) is 5.41 Å². The van der Waals surface area contributed by atoms with Crippen molar-refractivity contribution in [3.8, 4) is 11.5 Å². The number of halogens is 5. The summed E-state index contributed by atoms with van der Waals surface area (Å²) in [5.41, 5.74) is -1.71. The summed E-state index contributed by atoms with van der Waals surface area (Å²) < 4.78 is 83.2. The van der Waals surface area contributed by atoms with E-state index in [0.29, 0.717) is 13.0 Å². The summed E-state index contributed by atoms with van der Waals surface area (Å²) >= 11 is 0. The largest absolute Gasteiger partial charge is 0.499 e. The second-order valence-corrected chi connectivity index (χ2v) is 9.54. The van der Waals surface area contributed by atoms with Gasteiger partial charge in [0.25, 0.3) is 0 Å². The molecule has 0 fully saturated rings. The van der Waals surface area contributed by atoms with Gasteiger partial charge in [0, 0.05) is 12.1 Å². The van der Waals surface area contributed by atoms with Crippen molar-refractivity contribution in [2.24, 2.45) is 5.41 Å². The van der Waals surface area contributed by atoms with Crippen LogP contribution in [0.5, 0.6) is 11.5 Å². The lowest BCUT2D eigenvalue weighted by molar-refractivity contribution is -0.360. The Kier molecular flexibility index (Phi) is 10.9. The molecule has 1 aromatic carbocycles. The highest BCUT2D eigenvalue weighted by molar-refractivity contribution is 5.84. The molecule has 1 N–H and O–H groups in total. The summed E-state index contributed by atoms with van der Waals surface area (Å²) in [7, 11) is 1.80. The van der Waals surface area contributed by atoms with Crippen molar-refractivity contribution in [2.75, 3.05) is 20.3 Å². The standard InChI is InChI=1S/C26H34F5NO6/c1-17(32-4)24(2,3)23(34)36-14-10-8-6-5-7-9-13-35-20-16-22(33)37-21-15-18(11-12-19(20)21)38-26(30,31)25(27,28)29/h11-12,15-17,32H,5-10,13-14H2,1-4H3. The lowest BCUT2D eigenvalue weighted by atomic mass is 9.85. The van der Waals surface area contributed by atoms with Crippen LogP contribution in [0.15, 0.2) is 33.5 Å². The summed E-state index contributed by atoms with van der Waals surface area (Å²) in [5, 5.41) is 3.29. The Balaban J connectivity index is 1.75. The van der Waals surface area contributed by atoms with E-state index in [1.165, 1.54) is 6.07 Å². The van der Waals surface area contributed by atoms with Gasteiger partial charge in [-0.05, 0) is 52.8 Å². The van der Waals surface area contributed by atoms with E-state index < -0.39 is 29.1 Å². The monoisotopic (exact) mass is 551 g/mol. The molecule has 0 saturated heterocycles. The van der Waals surface area contributed by atoms with Gasteiger partial charge in [-0.2, -0.15) is 22.0 Å². The molecule has 0 aliphatic rings. The van der Waals surface area contributed by atoms with Crippen LogP contribution in [0.25, 0.3) is 11.0 Å². The molecule has 2 rings (SSSR count). The molecule has 12 heteroatoms. The van der Waals surface area contributed by atoms with Gasteiger partial charge in [0.2, 0.25) is 0 Å².